The van der Waals surface area contributed by atoms with Gasteiger partial charge in [-0.05, 0) is 61.8 Å². The van der Waals surface area contributed by atoms with Crippen LogP contribution in [-0.4, -0.2) is 43.7 Å². The highest BCUT2D eigenvalue weighted by molar-refractivity contribution is 5.92. The van der Waals surface area contributed by atoms with Crippen LogP contribution >= 0.6 is 0 Å². The molecule has 2 aliphatic heterocycles. The van der Waals surface area contributed by atoms with Crippen LogP contribution in [0.4, 0.5) is 0 Å². The Hall–Kier alpha value is -1.39. The minimum absolute atomic E-state index is 0.339. The molecule has 2 heterocycles. The van der Waals surface area contributed by atoms with E-state index in [2.05, 4.69) is 11.0 Å². The van der Waals surface area contributed by atoms with Crippen molar-refractivity contribution in [3.63, 3.8) is 0 Å². The SMILES string of the molecule is NC(=O)c1cccc(CC2CCN(CC3CCOCC3)C2)c1. The topological polar surface area (TPSA) is 55.6 Å². The zero-order valence-corrected chi connectivity index (χ0v) is 13.2. The lowest BCUT2D eigenvalue weighted by Crippen LogP contribution is -2.31. The third-order valence-electron chi connectivity index (χ3n) is 4.96. The number of ether oxygens (including phenoxy) is 1. The summed E-state index contributed by atoms with van der Waals surface area (Å²) in [5.41, 5.74) is 7.21. The molecule has 1 unspecified atom stereocenters. The Bertz CT molecular complexity index is 512. The first kappa shape index (κ1) is 15.5. The van der Waals surface area contributed by atoms with Crippen LogP contribution in [0.25, 0.3) is 0 Å². The smallest absolute Gasteiger partial charge is 0.248 e. The van der Waals surface area contributed by atoms with Gasteiger partial charge in [-0.25, -0.2) is 0 Å². The molecule has 0 spiro atoms. The Kier molecular flexibility index (Phi) is 5.11. The summed E-state index contributed by atoms with van der Waals surface area (Å²) < 4.78 is 5.44. The molecule has 1 aromatic rings. The molecule has 22 heavy (non-hydrogen) atoms. The van der Waals surface area contributed by atoms with Gasteiger partial charge >= 0.3 is 0 Å². The first-order chi connectivity index (χ1) is 10.7. The summed E-state index contributed by atoms with van der Waals surface area (Å²) in [5.74, 6) is 1.17. The van der Waals surface area contributed by atoms with Crippen LogP contribution in [0, 0.1) is 11.8 Å². The Morgan fingerprint density at radius 1 is 1.23 bits per heavy atom. The van der Waals surface area contributed by atoms with Gasteiger partial charge in [-0.2, -0.15) is 0 Å². The summed E-state index contributed by atoms with van der Waals surface area (Å²) in [4.78, 5) is 13.9. The highest BCUT2D eigenvalue weighted by Crippen LogP contribution is 2.24. The maximum atomic E-state index is 11.3. The van der Waals surface area contributed by atoms with Crippen LogP contribution in [0.5, 0.6) is 0 Å². The van der Waals surface area contributed by atoms with Gasteiger partial charge in [0.05, 0.1) is 0 Å². The molecule has 2 saturated heterocycles. The number of hydrogen-bond donors (Lipinski definition) is 1. The molecule has 1 amide bonds. The Morgan fingerprint density at radius 2 is 2.05 bits per heavy atom. The molecule has 1 aromatic carbocycles. The molecule has 0 aromatic heterocycles. The van der Waals surface area contributed by atoms with Gasteiger partial charge in [0.25, 0.3) is 0 Å². The van der Waals surface area contributed by atoms with Gasteiger partial charge in [-0.1, -0.05) is 12.1 Å². The van der Waals surface area contributed by atoms with E-state index in [4.69, 9.17) is 10.5 Å². The largest absolute Gasteiger partial charge is 0.381 e. The number of hydrogen-bond acceptors (Lipinski definition) is 3. The van der Waals surface area contributed by atoms with Crippen LogP contribution in [0.15, 0.2) is 24.3 Å². The lowest BCUT2D eigenvalue weighted by molar-refractivity contribution is 0.0551. The van der Waals surface area contributed by atoms with E-state index in [9.17, 15) is 4.79 Å². The fourth-order valence-corrected chi connectivity index (χ4v) is 3.72. The predicted octanol–water partition coefficient (Wildman–Crippen LogP) is 2.08. The van der Waals surface area contributed by atoms with Crippen LogP contribution < -0.4 is 5.73 Å². The van der Waals surface area contributed by atoms with Crippen molar-refractivity contribution < 1.29 is 9.53 Å². The Labute approximate surface area is 132 Å². The second-order valence-electron chi connectivity index (χ2n) is 6.74. The molecule has 4 heteroatoms. The van der Waals surface area contributed by atoms with Crippen LogP contribution in [0.3, 0.4) is 0 Å². The average Bonchev–Trinajstić information content (AvgIpc) is 2.95. The summed E-state index contributed by atoms with van der Waals surface area (Å²) in [6.07, 6.45) is 4.72. The molecule has 2 fully saturated rings. The van der Waals surface area contributed by atoms with Gasteiger partial charge in [0.2, 0.25) is 5.91 Å². The van der Waals surface area contributed by atoms with Gasteiger partial charge in [0.1, 0.15) is 0 Å². The fraction of sp³-hybridized carbons (Fsp3) is 0.611. The molecule has 0 radical (unpaired) electrons. The zero-order valence-electron chi connectivity index (χ0n) is 13.2. The first-order valence-electron chi connectivity index (χ1n) is 8.39. The number of amides is 1. The van der Waals surface area contributed by atoms with Crippen molar-refractivity contribution in [2.75, 3.05) is 32.8 Å². The van der Waals surface area contributed by atoms with Crippen molar-refractivity contribution >= 4 is 5.91 Å². The van der Waals surface area contributed by atoms with Crippen LogP contribution in [0.1, 0.15) is 35.2 Å². The van der Waals surface area contributed by atoms with Crippen molar-refractivity contribution in [2.45, 2.75) is 25.7 Å². The van der Waals surface area contributed by atoms with E-state index < -0.39 is 0 Å². The molecule has 2 aliphatic rings. The number of primary amides is 1. The quantitative estimate of drug-likeness (QED) is 0.906. The van der Waals surface area contributed by atoms with E-state index in [0.717, 1.165) is 25.6 Å². The number of nitrogens with zero attached hydrogens (tertiary/aromatic N) is 1. The summed E-state index contributed by atoms with van der Waals surface area (Å²) in [6.45, 7) is 5.47. The Balaban J connectivity index is 1.50. The lowest BCUT2D eigenvalue weighted by atomic mass is 9.97. The van der Waals surface area contributed by atoms with Crippen LogP contribution in [-0.2, 0) is 11.2 Å². The number of nitrogens with two attached hydrogens (primary N) is 1. The molecule has 0 aliphatic carbocycles. The minimum atomic E-state index is -0.339. The van der Waals surface area contributed by atoms with Crippen molar-refractivity contribution in [1.82, 2.24) is 4.90 Å². The van der Waals surface area contributed by atoms with E-state index >= 15 is 0 Å². The molecule has 1 atom stereocenters. The molecular weight excluding hydrogens is 276 g/mol. The monoisotopic (exact) mass is 302 g/mol. The van der Waals surface area contributed by atoms with Gasteiger partial charge in [0, 0.05) is 31.9 Å². The van der Waals surface area contributed by atoms with E-state index in [-0.39, 0.29) is 5.91 Å². The van der Waals surface area contributed by atoms with Crippen molar-refractivity contribution in [2.24, 2.45) is 17.6 Å². The van der Waals surface area contributed by atoms with E-state index in [1.54, 1.807) is 6.07 Å². The summed E-state index contributed by atoms with van der Waals surface area (Å²) in [6, 6.07) is 7.78. The molecule has 0 saturated carbocycles. The van der Waals surface area contributed by atoms with Gasteiger partial charge in [-0.15, -0.1) is 0 Å². The zero-order chi connectivity index (χ0) is 15.4. The van der Waals surface area contributed by atoms with E-state index in [0.29, 0.717) is 11.5 Å². The summed E-state index contributed by atoms with van der Waals surface area (Å²) in [5, 5.41) is 0. The molecular formula is C18H26N2O2. The standard InChI is InChI=1S/C18H26N2O2/c19-18(21)17-3-1-2-15(11-17)10-16-4-7-20(13-16)12-14-5-8-22-9-6-14/h1-3,11,14,16H,4-10,12-13H2,(H2,19,21). The fourth-order valence-electron chi connectivity index (χ4n) is 3.72. The third-order valence-corrected chi connectivity index (χ3v) is 4.96. The lowest BCUT2D eigenvalue weighted by Gasteiger charge is -2.27. The van der Waals surface area contributed by atoms with Crippen molar-refractivity contribution in [1.29, 1.82) is 0 Å². The number of carbonyl (C=O) groups is 1. The molecule has 3 rings (SSSR count). The molecule has 4 nitrogen and oxygen atoms in total. The summed E-state index contributed by atoms with van der Waals surface area (Å²) in [7, 11) is 0. The molecule has 0 bridgehead atoms. The van der Waals surface area contributed by atoms with E-state index in [1.807, 2.05) is 12.1 Å². The molecule has 2 N–H and O–H groups in total. The van der Waals surface area contributed by atoms with E-state index in [1.165, 1.54) is 44.5 Å². The second-order valence-corrected chi connectivity index (χ2v) is 6.74. The average molecular weight is 302 g/mol. The number of rotatable bonds is 5. The summed E-state index contributed by atoms with van der Waals surface area (Å²) >= 11 is 0. The maximum absolute atomic E-state index is 11.3. The first-order valence-corrected chi connectivity index (χ1v) is 8.39. The number of likely N-dealkylation sites (tertiary alicyclic amines) is 1. The van der Waals surface area contributed by atoms with Gasteiger partial charge in [-0.3, -0.25) is 4.79 Å². The minimum Gasteiger partial charge on any atom is -0.381 e. The third kappa shape index (κ3) is 4.08. The number of benzene rings is 1. The number of carbonyl (C=O) groups excluding carboxylic acids is 1. The highest BCUT2D eigenvalue weighted by Gasteiger charge is 2.25. The Morgan fingerprint density at radius 3 is 2.82 bits per heavy atom. The van der Waals surface area contributed by atoms with Gasteiger partial charge in [0.15, 0.2) is 0 Å². The molecule has 120 valence electrons. The normalized spacial score (nSPS) is 23.7. The van der Waals surface area contributed by atoms with Gasteiger partial charge < -0.3 is 15.4 Å². The predicted molar refractivity (Wildman–Crippen MR) is 86.8 cm³/mol. The van der Waals surface area contributed by atoms with Crippen LogP contribution in [0.2, 0.25) is 0 Å². The van der Waals surface area contributed by atoms with Crippen molar-refractivity contribution in [3.8, 4) is 0 Å². The highest BCUT2D eigenvalue weighted by atomic mass is 16.5. The maximum Gasteiger partial charge on any atom is 0.248 e. The van der Waals surface area contributed by atoms with Crippen molar-refractivity contribution in [3.05, 3.63) is 35.4 Å². The second kappa shape index (κ2) is 7.25.